The van der Waals surface area contributed by atoms with Gasteiger partial charge in [0.05, 0.1) is 10.7 Å². The van der Waals surface area contributed by atoms with Crippen LogP contribution in [0.1, 0.15) is 12.8 Å². The number of anilines is 1. The van der Waals surface area contributed by atoms with Crippen molar-refractivity contribution in [1.29, 1.82) is 0 Å². The van der Waals surface area contributed by atoms with Crippen molar-refractivity contribution in [2.45, 2.75) is 23.8 Å². The maximum Gasteiger partial charge on any atom is 0.324 e. The molecule has 1 saturated heterocycles. The molecule has 3 rings (SSSR count). The van der Waals surface area contributed by atoms with Gasteiger partial charge in [-0.05, 0) is 43.2 Å². The van der Waals surface area contributed by atoms with Gasteiger partial charge in [0.1, 0.15) is 16.8 Å². The molecule has 0 radical (unpaired) electrons. The summed E-state index contributed by atoms with van der Waals surface area (Å²) in [6.07, 6.45) is 0.603. The number of esters is 1. The Morgan fingerprint density at radius 2 is 1.93 bits per heavy atom. The third-order valence-corrected chi connectivity index (χ3v) is 6.95. The van der Waals surface area contributed by atoms with E-state index in [9.17, 15) is 22.4 Å². The third-order valence-electron chi connectivity index (χ3n) is 4.45. The molecule has 2 aromatic carbocycles. The first-order valence-corrected chi connectivity index (χ1v) is 11.1. The Morgan fingerprint density at radius 3 is 2.67 bits per heavy atom. The van der Waals surface area contributed by atoms with Gasteiger partial charge < -0.3 is 10.1 Å². The maximum absolute atomic E-state index is 14.0. The van der Waals surface area contributed by atoms with E-state index in [1.54, 1.807) is 6.07 Å². The first-order valence-electron chi connectivity index (χ1n) is 8.88. The van der Waals surface area contributed by atoms with Crippen molar-refractivity contribution in [3.05, 3.63) is 58.3 Å². The zero-order chi connectivity index (χ0) is 21.9. The average molecular weight is 475 g/mol. The number of hydrogen-bond acceptors (Lipinski definition) is 5. The molecule has 0 bridgehead atoms. The van der Waals surface area contributed by atoms with E-state index < -0.39 is 45.3 Å². The summed E-state index contributed by atoms with van der Waals surface area (Å²) in [6, 6.07) is 8.26. The lowest BCUT2D eigenvalue weighted by Crippen LogP contribution is -2.42. The summed E-state index contributed by atoms with van der Waals surface area (Å²) in [5, 5.41) is 3.06. The topological polar surface area (TPSA) is 92.8 Å². The van der Waals surface area contributed by atoms with Crippen molar-refractivity contribution in [3.63, 3.8) is 0 Å². The van der Waals surface area contributed by atoms with E-state index in [4.69, 9.17) is 27.9 Å². The molecule has 1 fully saturated rings. The van der Waals surface area contributed by atoms with Crippen molar-refractivity contribution in [2.75, 3.05) is 18.5 Å². The van der Waals surface area contributed by atoms with E-state index >= 15 is 0 Å². The molecule has 30 heavy (non-hydrogen) atoms. The number of nitrogens with one attached hydrogen (secondary N) is 1. The molecule has 0 spiro atoms. The van der Waals surface area contributed by atoms with Gasteiger partial charge in [-0.25, -0.2) is 12.8 Å². The normalized spacial score (nSPS) is 17.0. The van der Waals surface area contributed by atoms with Gasteiger partial charge in [-0.1, -0.05) is 35.3 Å². The van der Waals surface area contributed by atoms with Gasteiger partial charge in [-0.2, -0.15) is 4.31 Å². The van der Waals surface area contributed by atoms with Crippen LogP contribution >= 0.6 is 23.2 Å². The summed E-state index contributed by atoms with van der Waals surface area (Å²) in [6.45, 7) is -0.605. The fraction of sp³-hybridized carbons (Fsp3) is 0.263. The summed E-state index contributed by atoms with van der Waals surface area (Å²) in [4.78, 5) is 24.0. The Morgan fingerprint density at radius 1 is 1.20 bits per heavy atom. The van der Waals surface area contributed by atoms with Crippen LogP contribution in [0.15, 0.2) is 47.4 Å². The maximum atomic E-state index is 14.0. The minimum Gasteiger partial charge on any atom is -0.454 e. The average Bonchev–Trinajstić information content (AvgIpc) is 3.20. The fourth-order valence-electron chi connectivity index (χ4n) is 3.06. The second-order valence-electron chi connectivity index (χ2n) is 6.48. The molecule has 1 aliphatic rings. The number of carbonyl (C=O) groups excluding carboxylic acids is 2. The second kappa shape index (κ2) is 9.30. The lowest BCUT2D eigenvalue weighted by Gasteiger charge is -2.22. The Hall–Kier alpha value is -2.20. The molecular formula is C19H17Cl2FN2O5S. The van der Waals surface area contributed by atoms with Gasteiger partial charge in [0, 0.05) is 11.6 Å². The summed E-state index contributed by atoms with van der Waals surface area (Å²) < 4.78 is 45.5. The number of ether oxygens (including phenoxy) is 1. The number of halogens is 3. The first-order chi connectivity index (χ1) is 14.2. The van der Waals surface area contributed by atoms with Crippen LogP contribution in [0.5, 0.6) is 0 Å². The van der Waals surface area contributed by atoms with Gasteiger partial charge in [0.2, 0.25) is 10.0 Å². The Kier molecular flexibility index (Phi) is 6.97. The molecule has 0 saturated carbocycles. The highest BCUT2D eigenvalue weighted by molar-refractivity contribution is 7.89. The van der Waals surface area contributed by atoms with Gasteiger partial charge in [-0.3, -0.25) is 9.59 Å². The molecule has 1 atom stereocenters. The quantitative estimate of drug-likeness (QED) is 0.646. The molecule has 1 aliphatic heterocycles. The van der Waals surface area contributed by atoms with E-state index in [1.165, 1.54) is 24.3 Å². The predicted octanol–water partition coefficient (Wildman–Crippen LogP) is 3.47. The molecule has 1 N–H and O–H groups in total. The molecule has 160 valence electrons. The van der Waals surface area contributed by atoms with Crippen molar-refractivity contribution in [2.24, 2.45) is 0 Å². The van der Waals surface area contributed by atoms with Crippen LogP contribution in [-0.4, -0.2) is 43.8 Å². The molecular weight excluding hydrogens is 458 g/mol. The summed E-state index contributed by atoms with van der Waals surface area (Å²) in [7, 11) is -4.24. The number of carbonyl (C=O) groups is 2. The smallest absolute Gasteiger partial charge is 0.324 e. The number of nitrogens with zero attached hydrogens (tertiary/aromatic N) is 1. The minimum atomic E-state index is -4.24. The van der Waals surface area contributed by atoms with Crippen LogP contribution in [-0.2, 0) is 24.3 Å². The Bertz CT molecular complexity index is 1080. The van der Waals surface area contributed by atoms with Crippen LogP contribution in [0.4, 0.5) is 10.1 Å². The van der Waals surface area contributed by atoms with Crippen molar-refractivity contribution in [3.8, 4) is 0 Å². The zero-order valence-electron chi connectivity index (χ0n) is 15.5. The molecule has 1 amide bonds. The number of sulfonamides is 1. The highest BCUT2D eigenvalue weighted by atomic mass is 35.5. The van der Waals surface area contributed by atoms with Crippen LogP contribution < -0.4 is 5.32 Å². The van der Waals surface area contributed by atoms with Crippen LogP contribution in [0.2, 0.25) is 10.0 Å². The van der Waals surface area contributed by atoms with E-state index in [-0.39, 0.29) is 23.7 Å². The van der Waals surface area contributed by atoms with Gasteiger partial charge in [0.15, 0.2) is 6.61 Å². The summed E-state index contributed by atoms with van der Waals surface area (Å²) in [5.74, 6) is -2.47. The number of amides is 1. The highest BCUT2D eigenvalue weighted by Gasteiger charge is 2.41. The Labute approximate surface area is 182 Å². The predicted molar refractivity (Wildman–Crippen MR) is 109 cm³/mol. The first kappa shape index (κ1) is 22.5. The largest absolute Gasteiger partial charge is 0.454 e. The number of benzene rings is 2. The summed E-state index contributed by atoms with van der Waals surface area (Å²) >= 11 is 11.8. The molecule has 0 aromatic heterocycles. The van der Waals surface area contributed by atoms with E-state index in [0.717, 1.165) is 16.4 Å². The van der Waals surface area contributed by atoms with Crippen molar-refractivity contribution in [1.82, 2.24) is 4.31 Å². The number of hydrogen-bond donors (Lipinski definition) is 1. The van der Waals surface area contributed by atoms with Gasteiger partial charge in [0.25, 0.3) is 5.91 Å². The molecule has 11 heteroatoms. The minimum absolute atomic E-state index is 0.0424. The van der Waals surface area contributed by atoms with E-state index in [0.29, 0.717) is 11.4 Å². The molecule has 0 aliphatic carbocycles. The molecule has 1 heterocycles. The lowest BCUT2D eigenvalue weighted by atomic mass is 10.2. The van der Waals surface area contributed by atoms with Crippen LogP contribution in [0.3, 0.4) is 0 Å². The monoisotopic (exact) mass is 474 g/mol. The lowest BCUT2D eigenvalue weighted by molar-refractivity contribution is -0.150. The number of rotatable bonds is 6. The van der Waals surface area contributed by atoms with Crippen LogP contribution in [0.25, 0.3) is 0 Å². The molecule has 2 aromatic rings. The van der Waals surface area contributed by atoms with E-state index in [1.807, 2.05) is 0 Å². The van der Waals surface area contributed by atoms with Crippen LogP contribution in [0, 0.1) is 5.82 Å². The van der Waals surface area contributed by atoms with E-state index in [2.05, 4.69) is 5.32 Å². The van der Waals surface area contributed by atoms with Crippen molar-refractivity contribution >= 4 is 50.8 Å². The second-order valence-corrected chi connectivity index (χ2v) is 9.19. The molecule has 7 nitrogen and oxygen atoms in total. The fourth-order valence-corrected chi connectivity index (χ4v) is 5.11. The third kappa shape index (κ3) is 4.92. The molecule has 0 unspecified atom stereocenters. The highest BCUT2D eigenvalue weighted by Crippen LogP contribution is 2.28. The van der Waals surface area contributed by atoms with Gasteiger partial charge >= 0.3 is 5.97 Å². The summed E-state index contributed by atoms with van der Waals surface area (Å²) in [5.41, 5.74) is 0.245. The van der Waals surface area contributed by atoms with Gasteiger partial charge in [-0.15, -0.1) is 0 Å². The Balaban J connectivity index is 1.65. The SMILES string of the molecule is O=C(COC(=O)[C@H]1CCCN1S(=O)(=O)c1ccccc1F)Nc1cc(Cl)ccc1Cl. The van der Waals surface area contributed by atoms with Crippen molar-refractivity contribution < 1.29 is 27.1 Å². The zero-order valence-corrected chi connectivity index (χ0v) is 17.8. The standard InChI is InChI=1S/C19H17Cl2FN2O5S/c20-12-7-8-13(21)15(10-12)23-18(25)11-29-19(26)16-5-3-9-24(16)30(27,28)17-6-2-1-4-14(17)22/h1-2,4,6-8,10,16H,3,5,9,11H2,(H,23,25)/t16-/m1/s1.